The van der Waals surface area contributed by atoms with Crippen LogP contribution in [0.25, 0.3) is 0 Å². The lowest BCUT2D eigenvalue weighted by atomic mass is 9.82. The number of unbranched alkanes of at least 4 members (excludes halogenated alkanes) is 2. The molecule has 3 rings (SSSR count). The van der Waals surface area contributed by atoms with Crippen LogP contribution in [0.3, 0.4) is 0 Å². The van der Waals surface area contributed by atoms with Crippen LogP contribution in [0.2, 0.25) is 0 Å². The summed E-state index contributed by atoms with van der Waals surface area (Å²) in [5, 5.41) is 8.64. The van der Waals surface area contributed by atoms with Gasteiger partial charge in [0.2, 0.25) is 23.2 Å². The third-order valence-corrected chi connectivity index (χ3v) is 21.9. The highest BCUT2D eigenvalue weighted by molar-refractivity contribution is 7.87. The lowest BCUT2D eigenvalue weighted by Gasteiger charge is -2.36. The van der Waals surface area contributed by atoms with Gasteiger partial charge in [0.25, 0.3) is 92.8 Å². The van der Waals surface area contributed by atoms with Crippen LogP contribution in [0.5, 0.6) is 51.7 Å². The number of ketones is 1. The van der Waals surface area contributed by atoms with Crippen molar-refractivity contribution in [1.82, 2.24) is 16.0 Å². The van der Waals surface area contributed by atoms with Gasteiger partial charge < -0.3 is 58.6 Å². The van der Waals surface area contributed by atoms with Gasteiger partial charge >= 0.3 is 0 Å². The molecule has 112 heavy (non-hydrogen) atoms. The molecule has 0 aliphatic heterocycles. The van der Waals surface area contributed by atoms with Crippen LogP contribution >= 0.6 is 0 Å². The number of hydrogen-bond acceptors (Lipinski definition) is 29. The number of carbonyl (C=O) groups excluding carboxylic acids is 4. The van der Waals surface area contributed by atoms with E-state index in [9.17, 15) is 123 Å². The number of nitrogens with one attached hydrogen (secondary N) is 3. The summed E-state index contributed by atoms with van der Waals surface area (Å²) >= 11 is 0. The molecule has 0 aliphatic rings. The lowest BCUT2D eigenvalue weighted by molar-refractivity contribution is -0.123. The van der Waals surface area contributed by atoms with E-state index in [4.69, 9.17) is 42.6 Å². The number of hydrogen-bond donors (Lipinski definition) is 11. The summed E-state index contributed by atoms with van der Waals surface area (Å²) in [5.41, 5.74) is -1.67. The zero-order valence-electron chi connectivity index (χ0n) is 61.7. The Hall–Kier alpha value is -6.78. The monoisotopic (exact) mass is 1760 g/mol. The molecule has 40 nitrogen and oxygen atoms in total. The fourth-order valence-corrected chi connectivity index (χ4v) is 14.3. The topological polar surface area (TPSA) is 622 Å². The van der Waals surface area contributed by atoms with Gasteiger partial charge in [0.1, 0.15) is 0 Å². The molecule has 0 aliphatic carbocycles. The second kappa shape index (κ2) is 47.9. The Labute approximate surface area is 653 Å². The summed E-state index contributed by atoms with van der Waals surface area (Å²) in [6, 6.07) is 7.22. The Morgan fingerprint density at radius 3 is 0.795 bits per heavy atom. The molecule has 3 aromatic carbocycles. The van der Waals surface area contributed by atoms with Gasteiger partial charge in [0, 0.05) is 48.2 Å². The summed E-state index contributed by atoms with van der Waals surface area (Å²) in [5.74, 6) is -10.7. The Kier molecular flexibility index (Phi) is 42.5. The van der Waals surface area contributed by atoms with E-state index in [2.05, 4.69) is 16.0 Å². The molecule has 0 saturated heterocycles. The summed E-state index contributed by atoms with van der Waals surface area (Å²) in [6.45, 7) is 0.0336. The average molecular weight is 1760 g/mol. The van der Waals surface area contributed by atoms with E-state index >= 15 is 0 Å². The Balaban J connectivity index is 2.19. The molecular weight excluding hydrogens is 1660 g/mol. The fourth-order valence-electron chi connectivity index (χ4n) is 10.4. The van der Waals surface area contributed by atoms with Crippen molar-refractivity contribution in [2.24, 2.45) is 0 Å². The van der Waals surface area contributed by atoms with Gasteiger partial charge in [0.15, 0.2) is 40.3 Å². The van der Waals surface area contributed by atoms with E-state index in [1.165, 1.54) is 12.1 Å². The molecule has 0 spiro atoms. The van der Waals surface area contributed by atoms with Gasteiger partial charge in [-0.25, -0.2) is 0 Å². The van der Waals surface area contributed by atoms with Crippen molar-refractivity contribution in [2.45, 2.75) is 148 Å². The molecule has 0 heterocycles. The largest absolute Gasteiger partial charge is 0.490 e. The van der Waals surface area contributed by atoms with Gasteiger partial charge in [-0.3, -0.25) is 55.6 Å². The number of amides is 3. The van der Waals surface area contributed by atoms with Crippen molar-refractivity contribution in [3.8, 4) is 51.7 Å². The van der Waals surface area contributed by atoms with Gasteiger partial charge in [0.05, 0.1) is 105 Å². The Morgan fingerprint density at radius 2 is 0.545 bits per heavy atom. The Morgan fingerprint density at radius 1 is 0.304 bits per heavy atom. The first kappa shape index (κ1) is 99.4. The second-order valence-corrected chi connectivity index (χ2v) is 38.0. The predicted octanol–water partition coefficient (Wildman–Crippen LogP) is 4.94. The minimum atomic E-state index is -4.51. The third-order valence-electron chi connectivity index (χ3n) is 15.5. The first-order chi connectivity index (χ1) is 52.1. The third kappa shape index (κ3) is 45.3. The molecule has 3 amide bonds. The van der Waals surface area contributed by atoms with E-state index in [0.717, 1.165) is 24.3 Å². The van der Waals surface area contributed by atoms with Gasteiger partial charge in [-0.05, 0) is 139 Å². The molecule has 0 aromatic heterocycles. The highest BCUT2D eigenvalue weighted by Crippen LogP contribution is 2.43. The summed E-state index contributed by atoms with van der Waals surface area (Å²) in [6.07, 6.45) is -0.405. The maximum absolute atomic E-state index is 14.4. The van der Waals surface area contributed by atoms with E-state index in [1.807, 2.05) is 6.92 Å². The zero-order valence-corrected chi connectivity index (χ0v) is 68.3. The van der Waals surface area contributed by atoms with Crippen molar-refractivity contribution < 1.29 is 166 Å². The standard InChI is InChI=1S/C64H101N3O37S8/c1-3-5-25-96-52-42-48(43-53(97-26-10-34-105(72,73)74)59(52)102-31-15-39-110(87,88)89)51(68)19-6-7-20-64(67-58(69)18-4-2,21-8-23-65-62(70)49-44-54(98-27-11-35-106(75,76)77)60(103-32-16-40-111(90,91)92)55(45-49)99-28-12-36-107(78,79)80)22-9-24-66-63(71)50-46-56(100-29-13-37-108(81,82)83)61(104-33-17-41-112(93,94)95)57(47-50)101-30-14-38-109(84,85)86/h42-47H,3-41H2,1-2H3,(H,65,70)(H,66,71)(H,67,69)(H,72,73,74)(H,75,76,77)(H,78,79,80)(H,81,82,83)(H,84,85,86)(H,87,88,89)(H,90,91,92)(H,93,94,95). The molecule has 3 aromatic rings. The first-order valence-electron chi connectivity index (χ1n) is 35.3. The molecule has 642 valence electrons. The number of benzene rings is 3. The van der Waals surface area contributed by atoms with Crippen LogP contribution in [-0.2, 0) is 85.7 Å². The van der Waals surface area contributed by atoms with E-state index < -0.39 is 196 Å². The summed E-state index contributed by atoms with van der Waals surface area (Å²) in [7, 11) is -35.8. The van der Waals surface area contributed by atoms with Gasteiger partial charge in [-0.1, -0.05) is 26.7 Å². The maximum Gasteiger partial charge on any atom is 0.264 e. The van der Waals surface area contributed by atoms with Crippen molar-refractivity contribution >= 4 is 104 Å². The number of ether oxygens (including phenoxy) is 9. The summed E-state index contributed by atoms with van der Waals surface area (Å²) in [4.78, 5) is 56.9. The second-order valence-electron chi connectivity index (χ2n) is 25.4. The van der Waals surface area contributed by atoms with Gasteiger partial charge in [-0.15, -0.1) is 0 Å². The van der Waals surface area contributed by atoms with Gasteiger partial charge in [-0.2, -0.15) is 67.3 Å². The Bertz CT molecular complexity index is 4190. The normalized spacial score (nSPS) is 12.5. The van der Waals surface area contributed by atoms with Crippen LogP contribution in [0.4, 0.5) is 0 Å². The van der Waals surface area contributed by atoms with Crippen LogP contribution in [0.15, 0.2) is 36.4 Å². The minimum absolute atomic E-state index is 0.00180. The minimum Gasteiger partial charge on any atom is -0.490 e. The molecule has 0 saturated carbocycles. The van der Waals surface area contributed by atoms with Crippen LogP contribution < -0.4 is 58.6 Å². The van der Waals surface area contributed by atoms with Crippen LogP contribution in [0.1, 0.15) is 173 Å². The molecule has 0 bridgehead atoms. The van der Waals surface area contributed by atoms with Crippen molar-refractivity contribution in [1.29, 1.82) is 0 Å². The molecule has 0 radical (unpaired) electrons. The summed E-state index contributed by atoms with van der Waals surface area (Å²) < 4.78 is 313. The maximum atomic E-state index is 14.4. The highest BCUT2D eigenvalue weighted by Gasteiger charge is 2.32. The number of carbonyl (C=O) groups is 4. The quantitative estimate of drug-likeness (QED) is 0.0202. The smallest absolute Gasteiger partial charge is 0.264 e. The number of rotatable bonds is 63. The van der Waals surface area contributed by atoms with Crippen molar-refractivity contribution in [2.75, 3.05) is 119 Å². The van der Waals surface area contributed by atoms with E-state index in [1.54, 1.807) is 6.92 Å². The van der Waals surface area contributed by atoms with Crippen molar-refractivity contribution in [3.05, 3.63) is 53.1 Å². The fraction of sp³-hybridized carbons (Fsp3) is 0.656. The average Bonchev–Trinajstić information content (AvgIpc) is 0.823. The molecule has 48 heteroatoms. The molecule has 0 atom stereocenters. The van der Waals surface area contributed by atoms with E-state index in [-0.39, 0.29) is 211 Å². The first-order valence-corrected chi connectivity index (χ1v) is 48.2. The zero-order chi connectivity index (χ0) is 84.0. The van der Waals surface area contributed by atoms with Crippen molar-refractivity contribution in [3.63, 3.8) is 0 Å². The van der Waals surface area contributed by atoms with E-state index in [0.29, 0.717) is 19.3 Å². The highest BCUT2D eigenvalue weighted by atomic mass is 32.2. The molecular formula is C64H101N3O37S8. The predicted molar refractivity (Wildman–Crippen MR) is 404 cm³/mol. The van der Waals surface area contributed by atoms with Crippen LogP contribution in [-0.4, -0.2) is 251 Å². The van der Waals surface area contributed by atoms with Crippen LogP contribution in [0, 0.1) is 0 Å². The SMILES string of the molecule is CCCCOc1cc(C(=O)CCCCC(CCCNC(=O)c2cc(OCCCS(=O)(=O)O)c(OCCCS(=O)(=O)O)c(OCCCS(=O)(=O)O)c2)(CCCNC(=O)c2cc(OCCCS(=O)(=O)O)c(OCCCS(=O)(=O)O)c(OCCCS(=O)(=O)O)c2)NC(=O)CCC)cc(OCCCS(=O)(=O)O)c1OCCCS(=O)(=O)O. The lowest BCUT2D eigenvalue weighted by Crippen LogP contribution is -2.49. The molecule has 0 fully saturated rings. The number of Topliss-reactive ketones (excluding diaryl/α,β-unsaturated/α-hetero) is 1. The molecule has 0 unspecified atom stereocenters. The molecule has 11 N–H and O–H groups in total.